The molecule has 0 radical (unpaired) electrons. The summed E-state index contributed by atoms with van der Waals surface area (Å²) in [6.07, 6.45) is 3.80. The molecule has 6 heteroatoms. The van der Waals surface area contributed by atoms with Crippen LogP contribution in [0.3, 0.4) is 0 Å². The number of rotatable bonds is 8. The first-order chi connectivity index (χ1) is 14.5. The van der Waals surface area contributed by atoms with Crippen molar-refractivity contribution in [1.82, 2.24) is 0 Å². The number of aryl methyl sites for hydroxylation is 1. The molecule has 0 aliphatic carbocycles. The van der Waals surface area contributed by atoms with E-state index >= 15 is 0 Å². The molecule has 0 saturated heterocycles. The van der Waals surface area contributed by atoms with Crippen LogP contribution in [0.25, 0.3) is 17.0 Å². The molecule has 0 amide bonds. The summed E-state index contributed by atoms with van der Waals surface area (Å²) in [4.78, 5) is 24.0. The van der Waals surface area contributed by atoms with Crippen molar-refractivity contribution in [3.8, 4) is 11.5 Å². The van der Waals surface area contributed by atoms with Crippen molar-refractivity contribution >= 4 is 23.0 Å². The summed E-state index contributed by atoms with van der Waals surface area (Å²) in [5.74, 6) is 0.706. The van der Waals surface area contributed by atoms with Crippen LogP contribution in [0.4, 0.5) is 0 Å². The monoisotopic (exact) mass is 408 g/mol. The molecule has 0 spiro atoms. The van der Waals surface area contributed by atoms with Crippen LogP contribution in [0.1, 0.15) is 30.5 Å². The lowest BCUT2D eigenvalue weighted by Crippen LogP contribution is -2.05. The Labute approximate surface area is 174 Å². The molecule has 0 atom stereocenters. The molecule has 0 aliphatic heterocycles. The highest BCUT2D eigenvalue weighted by Gasteiger charge is 2.09. The Morgan fingerprint density at radius 3 is 2.63 bits per heavy atom. The highest BCUT2D eigenvalue weighted by Crippen LogP contribution is 2.28. The summed E-state index contributed by atoms with van der Waals surface area (Å²) in [7, 11) is 1.57. The number of methoxy groups -OCH3 is 1. The van der Waals surface area contributed by atoms with E-state index in [1.165, 1.54) is 12.1 Å². The van der Waals surface area contributed by atoms with Gasteiger partial charge in [0.1, 0.15) is 12.2 Å². The fraction of sp³-hybridized carbons (Fsp3) is 0.250. The van der Waals surface area contributed by atoms with Crippen molar-refractivity contribution < 1.29 is 23.4 Å². The third kappa shape index (κ3) is 5.08. The minimum atomic E-state index is -0.518. The zero-order valence-corrected chi connectivity index (χ0v) is 17.3. The number of hydrogen-bond acceptors (Lipinski definition) is 6. The lowest BCUT2D eigenvalue weighted by atomic mass is 10.1. The van der Waals surface area contributed by atoms with Gasteiger partial charge in [0.15, 0.2) is 11.5 Å². The largest absolute Gasteiger partial charge is 0.493 e. The van der Waals surface area contributed by atoms with Gasteiger partial charge in [-0.05, 0) is 48.7 Å². The van der Waals surface area contributed by atoms with Crippen LogP contribution in [0.2, 0.25) is 0 Å². The summed E-state index contributed by atoms with van der Waals surface area (Å²) in [6, 6.07) is 12.4. The summed E-state index contributed by atoms with van der Waals surface area (Å²) in [6.45, 7) is 4.39. The summed E-state index contributed by atoms with van der Waals surface area (Å²) in [5, 5.41) is 0.750. The second kappa shape index (κ2) is 9.78. The Kier molecular flexibility index (Phi) is 6.91. The zero-order valence-electron chi connectivity index (χ0n) is 17.3. The van der Waals surface area contributed by atoms with Gasteiger partial charge in [-0.3, -0.25) is 0 Å². The van der Waals surface area contributed by atoms with Gasteiger partial charge in [-0.2, -0.15) is 0 Å². The Balaban J connectivity index is 1.72. The van der Waals surface area contributed by atoms with Gasteiger partial charge in [0.05, 0.1) is 13.7 Å². The van der Waals surface area contributed by atoms with Gasteiger partial charge in [-0.15, -0.1) is 0 Å². The molecule has 0 fully saturated rings. The predicted molar refractivity (Wildman–Crippen MR) is 115 cm³/mol. The minimum Gasteiger partial charge on any atom is -0.493 e. The van der Waals surface area contributed by atoms with Crippen molar-refractivity contribution in [2.75, 3.05) is 13.7 Å². The number of esters is 1. The number of carbonyl (C=O) groups excluding carboxylic acids is 1. The molecule has 0 N–H and O–H groups in total. The first kappa shape index (κ1) is 21.2. The second-order valence-corrected chi connectivity index (χ2v) is 6.56. The molecule has 0 aliphatic rings. The quantitative estimate of drug-likeness (QED) is 0.310. The van der Waals surface area contributed by atoms with E-state index in [4.69, 9.17) is 18.6 Å². The maximum atomic E-state index is 12.2. The number of benzene rings is 2. The Bertz CT molecular complexity index is 1130. The van der Waals surface area contributed by atoms with E-state index in [0.717, 1.165) is 22.9 Å². The van der Waals surface area contributed by atoms with Gasteiger partial charge in [-0.1, -0.05) is 25.1 Å². The summed E-state index contributed by atoms with van der Waals surface area (Å²) < 4.78 is 21.4. The van der Waals surface area contributed by atoms with Crippen molar-refractivity contribution in [3.63, 3.8) is 0 Å². The van der Waals surface area contributed by atoms with Crippen LogP contribution < -0.4 is 15.1 Å². The topological polar surface area (TPSA) is 75.0 Å². The average molecular weight is 408 g/mol. The van der Waals surface area contributed by atoms with Crippen molar-refractivity contribution in [2.45, 2.75) is 26.9 Å². The number of fused-ring (bicyclic) bond motifs is 1. The van der Waals surface area contributed by atoms with Crippen molar-refractivity contribution in [1.29, 1.82) is 0 Å². The van der Waals surface area contributed by atoms with Crippen LogP contribution in [0.15, 0.2) is 57.8 Å². The van der Waals surface area contributed by atoms with E-state index in [2.05, 4.69) is 0 Å². The molecular formula is C24H24O6. The molecular weight excluding hydrogens is 384 g/mol. The smallest absolute Gasteiger partial charge is 0.336 e. The molecule has 3 rings (SSSR count). The van der Waals surface area contributed by atoms with E-state index < -0.39 is 11.6 Å². The van der Waals surface area contributed by atoms with Crippen molar-refractivity contribution in [3.05, 3.63) is 75.7 Å². The number of hydrogen-bond donors (Lipinski definition) is 0. The minimum absolute atomic E-state index is 0.0243. The van der Waals surface area contributed by atoms with E-state index in [0.29, 0.717) is 29.3 Å². The van der Waals surface area contributed by atoms with E-state index in [-0.39, 0.29) is 6.61 Å². The average Bonchev–Trinajstić information content (AvgIpc) is 2.75. The van der Waals surface area contributed by atoms with Gasteiger partial charge < -0.3 is 18.6 Å². The number of ether oxygens (including phenoxy) is 3. The molecule has 30 heavy (non-hydrogen) atoms. The Hall–Kier alpha value is -3.54. The third-order valence-electron chi connectivity index (χ3n) is 4.57. The molecule has 156 valence electrons. The van der Waals surface area contributed by atoms with Gasteiger partial charge in [0.25, 0.3) is 0 Å². The second-order valence-electron chi connectivity index (χ2n) is 6.56. The highest BCUT2D eigenvalue weighted by molar-refractivity contribution is 5.87. The maximum Gasteiger partial charge on any atom is 0.336 e. The van der Waals surface area contributed by atoms with E-state index in [1.807, 2.05) is 38.1 Å². The SMILES string of the molecule is CCOc1cc(/C=C/C(=O)OCc2cc(=O)oc3cc(CC)ccc23)ccc1OC. The molecule has 1 heterocycles. The standard InChI is InChI=1S/C24H24O6/c1-4-16-6-9-19-18(14-24(26)30-21(19)12-16)15-29-23(25)11-8-17-7-10-20(27-3)22(13-17)28-5-2/h6-14H,4-5,15H2,1-3H3/b11-8+. The maximum absolute atomic E-state index is 12.2. The van der Waals surface area contributed by atoms with Crippen LogP contribution in [-0.4, -0.2) is 19.7 Å². The van der Waals surface area contributed by atoms with Crippen LogP contribution in [0, 0.1) is 0 Å². The van der Waals surface area contributed by atoms with Gasteiger partial charge in [-0.25, -0.2) is 9.59 Å². The highest BCUT2D eigenvalue weighted by atomic mass is 16.5. The van der Waals surface area contributed by atoms with Crippen LogP contribution in [0.5, 0.6) is 11.5 Å². The van der Waals surface area contributed by atoms with Gasteiger partial charge >= 0.3 is 11.6 Å². The fourth-order valence-corrected chi connectivity index (χ4v) is 3.04. The van der Waals surface area contributed by atoms with E-state index in [1.54, 1.807) is 25.3 Å². The zero-order chi connectivity index (χ0) is 21.5. The summed E-state index contributed by atoms with van der Waals surface area (Å²) >= 11 is 0. The molecule has 0 bridgehead atoms. The van der Waals surface area contributed by atoms with Crippen molar-refractivity contribution in [2.24, 2.45) is 0 Å². The molecule has 1 aromatic heterocycles. The van der Waals surface area contributed by atoms with Gasteiger partial charge in [0, 0.05) is 23.1 Å². The Morgan fingerprint density at radius 1 is 1.07 bits per heavy atom. The molecule has 0 unspecified atom stereocenters. The predicted octanol–water partition coefficient (Wildman–Crippen LogP) is 4.52. The lowest BCUT2D eigenvalue weighted by Gasteiger charge is -2.09. The normalized spacial score (nSPS) is 11.0. The molecule has 3 aromatic rings. The first-order valence-electron chi connectivity index (χ1n) is 9.75. The Morgan fingerprint density at radius 2 is 1.90 bits per heavy atom. The number of carbonyl (C=O) groups is 1. The van der Waals surface area contributed by atoms with E-state index in [9.17, 15) is 9.59 Å². The van der Waals surface area contributed by atoms with Gasteiger partial charge in [0.2, 0.25) is 0 Å². The molecule has 6 nitrogen and oxygen atoms in total. The fourth-order valence-electron chi connectivity index (χ4n) is 3.04. The third-order valence-corrected chi connectivity index (χ3v) is 4.57. The first-order valence-corrected chi connectivity index (χ1v) is 9.75. The molecule has 0 saturated carbocycles. The van der Waals surface area contributed by atoms with Crippen LogP contribution >= 0.6 is 0 Å². The molecule has 2 aromatic carbocycles. The van der Waals surface area contributed by atoms with Crippen LogP contribution in [-0.2, 0) is 22.6 Å². The lowest BCUT2D eigenvalue weighted by molar-refractivity contribution is -0.138. The summed E-state index contributed by atoms with van der Waals surface area (Å²) in [5.41, 5.74) is 2.46.